The maximum absolute atomic E-state index is 11.2. The van der Waals surface area contributed by atoms with Gasteiger partial charge in [0.25, 0.3) is 0 Å². The molecule has 1 aliphatic rings. The van der Waals surface area contributed by atoms with E-state index in [2.05, 4.69) is 0 Å². The third-order valence-electron chi connectivity index (χ3n) is 2.30. The highest BCUT2D eigenvalue weighted by molar-refractivity contribution is 5.82. The number of carboxylic acids is 1. The van der Waals surface area contributed by atoms with Crippen molar-refractivity contribution in [2.24, 2.45) is 0 Å². The SMILES string of the molecule is COC1CN(OC(C)(C)C)C(C(=O)O)C1=C=O. The standard InChI is InChI=1S/C11H17NO5/c1-11(2,3)17-12-5-8(16-4)7(6-13)9(12)10(14)15/h8-9H,5H2,1-4H3,(H,14,15). The highest BCUT2D eigenvalue weighted by Crippen LogP contribution is 2.27. The van der Waals surface area contributed by atoms with Crippen LogP contribution in [0.4, 0.5) is 0 Å². The van der Waals surface area contributed by atoms with Crippen LogP contribution in [0, 0.1) is 0 Å². The minimum absolute atomic E-state index is 0.0595. The Morgan fingerprint density at radius 2 is 2.12 bits per heavy atom. The predicted octanol–water partition coefficient (Wildman–Crippen LogP) is 0.258. The molecule has 1 heterocycles. The Morgan fingerprint density at radius 3 is 2.47 bits per heavy atom. The second kappa shape index (κ2) is 4.98. The van der Waals surface area contributed by atoms with E-state index in [9.17, 15) is 9.59 Å². The van der Waals surface area contributed by atoms with Crippen molar-refractivity contribution in [3.05, 3.63) is 5.57 Å². The summed E-state index contributed by atoms with van der Waals surface area (Å²) in [7, 11) is 1.42. The van der Waals surface area contributed by atoms with Crippen molar-refractivity contribution in [2.75, 3.05) is 13.7 Å². The van der Waals surface area contributed by atoms with E-state index in [-0.39, 0.29) is 12.1 Å². The van der Waals surface area contributed by atoms with Gasteiger partial charge in [-0.25, -0.2) is 4.79 Å². The first-order valence-electron chi connectivity index (χ1n) is 5.26. The van der Waals surface area contributed by atoms with Gasteiger partial charge in [-0.2, -0.15) is 5.06 Å². The molecule has 0 aromatic carbocycles. The normalized spacial score (nSPS) is 26.0. The summed E-state index contributed by atoms with van der Waals surface area (Å²) in [6.07, 6.45) is -0.587. The molecule has 0 aliphatic carbocycles. The molecule has 0 aromatic rings. The monoisotopic (exact) mass is 243 g/mol. The highest BCUT2D eigenvalue weighted by atomic mass is 16.7. The van der Waals surface area contributed by atoms with Gasteiger partial charge in [-0.15, -0.1) is 0 Å². The predicted molar refractivity (Wildman–Crippen MR) is 59.0 cm³/mol. The van der Waals surface area contributed by atoms with Crippen LogP contribution in [-0.2, 0) is 19.2 Å². The van der Waals surface area contributed by atoms with Gasteiger partial charge in [0.05, 0.1) is 17.7 Å². The summed E-state index contributed by atoms with van der Waals surface area (Å²) in [5.74, 6) is 0.505. The molecule has 0 bridgehead atoms. The second-order valence-electron chi connectivity index (χ2n) is 4.83. The molecule has 1 aliphatic heterocycles. The number of carbonyl (C=O) groups is 1. The topological polar surface area (TPSA) is 76.1 Å². The summed E-state index contributed by atoms with van der Waals surface area (Å²) in [4.78, 5) is 27.5. The zero-order valence-corrected chi connectivity index (χ0v) is 10.4. The molecule has 0 spiro atoms. The van der Waals surface area contributed by atoms with Gasteiger partial charge in [-0.1, -0.05) is 0 Å². The molecule has 6 nitrogen and oxygen atoms in total. The summed E-state index contributed by atoms with van der Waals surface area (Å²) >= 11 is 0. The van der Waals surface area contributed by atoms with Crippen molar-refractivity contribution >= 4 is 11.9 Å². The maximum atomic E-state index is 11.2. The Kier molecular flexibility index (Phi) is 4.06. The number of hydroxylamine groups is 2. The first kappa shape index (κ1) is 13.9. The minimum atomic E-state index is -1.15. The molecule has 0 aromatic heterocycles. The molecule has 2 unspecified atom stereocenters. The molecule has 96 valence electrons. The van der Waals surface area contributed by atoms with E-state index in [0.717, 1.165) is 0 Å². The largest absolute Gasteiger partial charge is 0.480 e. The Bertz CT molecular complexity index is 353. The first-order chi connectivity index (χ1) is 7.80. The molecule has 1 N–H and O–H groups in total. The van der Waals surface area contributed by atoms with Crippen molar-refractivity contribution in [1.82, 2.24) is 5.06 Å². The molecule has 0 amide bonds. The molecule has 6 heteroatoms. The molecule has 0 saturated carbocycles. The van der Waals surface area contributed by atoms with Crippen LogP contribution in [-0.4, -0.2) is 53.5 Å². The van der Waals surface area contributed by atoms with Crippen LogP contribution in [0.3, 0.4) is 0 Å². The number of carboxylic acid groups (broad SMARTS) is 1. The van der Waals surface area contributed by atoms with Gasteiger partial charge >= 0.3 is 5.97 Å². The zero-order valence-electron chi connectivity index (χ0n) is 10.4. The van der Waals surface area contributed by atoms with Crippen molar-refractivity contribution in [3.8, 4) is 0 Å². The number of rotatable bonds is 3. The van der Waals surface area contributed by atoms with E-state index >= 15 is 0 Å². The van der Waals surface area contributed by atoms with Crippen LogP contribution in [0.5, 0.6) is 0 Å². The van der Waals surface area contributed by atoms with Crippen molar-refractivity contribution in [1.29, 1.82) is 0 Å². The fourth-order valence-electron chi connectivity index (χ4n) is 1.72. The van der Waals surface area contributed by atoms with Crippen LogP contribution in [0.2, 0.25) is 0 Å². The van der Waals surface area contributed by atoms with E-state index in [1.807, 2.05) is 0 Å². The third kappa shape index (κ3) is 3.14. The zero-order chi connectivity index (χ0) is 13.2. The number of nitrogens with zero attached hydrogens (tertiary/aromatic N) is 1. The lowest BCUT2D eigenvalue weighted by Crippen LogP contribution is -2.41. The quantitative estimate of drug-likeness (QED) is 0.716. The number of aliphatic carboxylic acids is 1. The summed E-state index contributed by atoms with van der Waals surface area (Å²) in [6.45, 7) is 5.61. The van der Waals surface area contributed by atoms with Crippen LogP contribution in [0.1, 0.15) is 20.8 Å². The molecule has 17 heavy (non-hydrogen) atoms. The number of methoxy groups -OCH3 is 1. The lowest BCUT2D eigenvalue weighted by molar-refractivity contribution is -0.238. The Labute approximate surface area is 99.8 Å². The van der Waals surface area contributed by atoms with E-state index in [1.54, 1.807) is 26.7 Å². The summed E-state index contributed by atoms with van der Waals surface area (Å²) in [5.41, 5.74) is -0.478. The van der Waals surface area contributed by atoms with E-state index in [4.69, 9.17) is 14.7 Å². The fourth-order valence-corrected chi connectivity index (χ4v) is 1.72. The first-order valence-corrected chi connectivity index (χ1v) is 5.26. The lowest BCUT2D eigenvalue weighted by atomic mass is 10.1. The molecular weight excluding hydrogens is 226 g/mol. The molecule has 2 atom stereocenters. The smallest absolute Gasteiger partial charge is 0.328 e. The average Bonchev–Trinajstić information content (AvgIpc) is 2.52. The van der Waals surface area contributed by atoms with Gasteiger partial charge in [0.15, 0.2) is 6.04 Å². The van der Waals surface area contributed by atoms with Crippen molar-refractivity contribution < 1.29 is 24.3 Å². The molecule has 1 fully saturated rings. The van der Waals surface area contributed by atoms with Gasteiger partial charge in [0, 0.05) is 7.11 Å². The Hall–Kier alpha value is -1.20. The van der Waals surface area contributed by atoms with Crippen LogP contribution < -0.4 is 0 Å². The van der Waals surface area contributed by atoms with Gasteiger partial charge in [-0.3, -0.25) is 9.63 Å². The average molecular weight is 243 g/mol. The van der Waals surface area contributed by atoms with Crippen molar-refractivity contribution in [3.63, 3.8) is 0 Å². The number of carbonyl (C=O) groups excluding carboxylic acids is 1. The highest BCUT2D eigenvalue weighted by Gasteiger charge is 2.45. The minimum Gasteiger partial charge on any atom is -0.480 e. The van der Waals surface area contributed by atoms with Gasteiger partial charge in [0.2, 0.25) is 0 Å². The third-order valence-corrected chi connectivity index (χ3v) is 2.30. The van der Waals surface area contributed by atoms with Crippen LogP contribution >= 0.6 is 0 Å². The number of hydrogen-bond acceptors (Lipinski definition) is 5. The molecule has 1 saturated heterocycles. The van der Waals surface area contributed by atoms with E-state index < -0.39 is 23.7 Å². The van der Waals surface area contributed by atoms with E-state index in [0.29, 0.717) is 0 Å². The molecule has 1 rings (SSSR count). The Morgan fingerprint density at radius 1 is 1.53 bits per heavy atom. The summed E-state index contributed by atoms with van der Waals surface area (Å²) < 4.78 is 5.06. The lowest BCUT2D eigenvalue weighted by Gasteiger charge is -2.28. The molecule has 0 radical (unpaired) electrons. The second-order valence-corrected chi connectivity index (χ2v) is 4.83. The van der Waals surface area contributed by atoms with Crippen LogP contribution in [0.25, 0.3) is 0 Å². The van der Waals surface area contributed by atoms with Gasteiger partial charge in [0.1, 0.15) is 12.0 Å². The fraction of sp³-hybridized carbons (Fsp3) is 0.727. The number of hydrogen-bond donors (Lipinski definition) is 1. The van der Waals surface area contributed by atoms with Gasteiger partial charge in [-0.05, 0) is 20.8 Å². The van der Waals surface area contributed by atoms with Crippen molar-refractivity contribution in [2.45, 2.75) is 38.5 Å². The maximum Gasteiger partial charge on any atom is 0.328 e. The van der Waals surface area contributed by atoms with Crippen LogP contribution in [0.15, 0.2) is 5.57 Å². The van der Waals surface area contributed by atoms with E-state index in [1.165, 1.54) is 12.2 Å². The molecular formula is C11H17NO5. The number of ether oxygens (including phenoxy) is 1. The Balaban J connectivity index is 2.99. The summed E-state index contributed by atoms with van der Waals surface area (Å²) in [6, 6.07) is -1.13. The summed E-state index contributed by atoms with van der Waals surface area (Å²) in [5, 5.41) is 10.4. The van der Waals surface area contributed by atoms with Gasteiger partial charge < -0.3 is 9.84 Å².